The van der Waals surface area contributed by atoms with Crippen LogP contribution in [0.2, 0.25) is 0 Å². The molecule has 2 aromatic carbocycles. The average molecular weight is 379 g/mol. The minimum atomic E-state index is -0.923. The Morgan fingerprint density at radius 2 is 1.74 bits per heavy atom. The SMILES string of the molecule is CCC/C(=C/c1c(Br)c(OC)c2ccccc2c1OC)C(=O)O. The standard InChI is InChI=1S/C18H19BrO4/c1-4-7-11(18(20)21)10-14-15(19)17(23-3)13-9-6-5-8-12(13)16(14)22-2/h5-6,8-10H,4,7H2,1-3H3,(H,20,21)/b11-10-. The summed E-state index contributed by atoms with van der Waals surface area (Å²) < 4.78 is 11.8. The van der Waals surface area contributed by atoms with E-state index in [1.165, 1.54) is 0 Å². The maximum absolute atomic E-state index is 11.5. The predicted molar refractivity (Wildman–Crippen MR) is 95.3 cm³/mol. The smallest absolute Gasteiger partial charge is 0.331 e. The van der Waals surface area contributed by atoms with Crippen LogP contribution >= 0.6 is 15.9 Å². The molecule has 2 rings (SSSR count). The zero-order chi connectivity index (χ0) is 17.0. The van der Waals surface area contributed by atoms with Crippen molar-refractivity contribution in [3.8, 4) is 11.5 Å². The highest BCUT2D eigenvalue weighted by atomic mass is 79.9. The molecule has 122 valence electrons. The van der Waals surface area contributed by atoms with Crippen molar-refractivity contribution in [2.24, 2.45) is 0 Å². The number of hydrogen-bond donors (Lipinski definition) is 1. The van der Waals surface area contributed by atoms with E-state index in [-0.39, 0.29) is 0 Å². The summed E-state index contributed by atoms with van der Waals surface area (Å²) >= 11 is 3.54. The third kappa shape index (κ3) is 3.34. The molecule has 0 aliphatic heterocycles. The van der Waals surface area contributed by atoms with E-state index in [0.29, 0.717) is 33.5 Å². The first-order valence-electron chi connectivity index (χ1n) is 7.31. The number of fused-ring (bicyclic) bond motifs is 1. The number of ether oxygens (including phenoxy) is 2. The van der Waals surface area contributed by atoms with E-state index in [1.54, 1.807) is 20.3 Å². The van der Waals surface area contributed by atoms with E-state index in [4.69, 9.17) is 9.47 Å². The molecule has 0 spiro atoms. The highest BCUT2D eigenvalue weighted by Gasteiger charge is 2.19. The summed E-state index contributed by atoms with van der Waals surface area (Å²) in [6.45, 7) is 1.95. The second-order valence-electron chi connectivity index (χ2n) is 5.06. The quantitative estimate of drug-likeness (QED) is 0.727. The van der Waals surface area contributed by atoms with Crippen molar-refractivity contribution < 1.29 is 19.4 Å². The first kappa shape index (κ1) is 17.3. The van der Waals surface area contributed by atoms with Crippen LogP contribution in [0.4, 0.5) is 0 Å². The van der Waals surface area contributed by atoms with Crippen molar-refractivity contribution in [1.29, 1.82) is 0 Å². The van der Waals surface area contributed by atoms with Gasteiger partial charge in [0, 0.05) is 21.9 Å². The number of carbonyl (C=O) groups is 1. The van der Waals surface area contributed by atoms with Gasteiger partial charge in [0.05, 0.1) is 18.7 Å². The van der Waals surface area contributed by atoms with Crippen molar-refractivity contribution >= 4 is 38.7 Å². The molecule has 5 heteroatoms. The zero-order valence-electron chi connectivity index (χ0n) is 13.4. The molecule has 0 aromatic heterocycles. The molecule has 0 fully saturated rings. The Balaban J connectivity index is 2.84. The Morgan fingerprint density at radius 3 is 2.22 bits per heavy atom. The van der Waals surface area contributed by atoms with Gasteiger partial charge < -0.3 is 14.6 Å². The monoisotopic (exact) mass is 378 g/mol. The van der Waals surface area contributed by atoms with E-state index in [9.17, 15) is 9.90 Å². The van der Waals surface area contributed by atoms with Gasteiger partial charge in [0.15, 0.2) is 0 Å². The van der Waals surface area contributed by atoms with Gasteiger partial charge in [0.2, 0.25) is 0 Å². The lowest BCUT2D eigenvalue weighted by Gasteiger charge is -2.16. The molecule has 0 saturated heterocycles. The Morgan fingerprint density at radius 1 is 1.17 bits per heavy atom. The second kappa shape index (κ2) is 7.51. The highest BCUT2D eigenvalue weighted by molar-refractivity contribution is 9.10. The lowest BCUT2D eigenvalue weighted by atomic mass is 10.0. The van der Waals surface area contributed by atoms with Crippen LogP contribution in [0.15, 0.2) is 34.3 Å². The maximum atomic E-state index is 11.5. The molecule has 4 nitrogen and oxygen atoms in total. The molecule has 0 bridgehead atoms. The molecule has 0 unspecified atom stereocenters. The van der Waals surface area contributed by atoms with E-state index in [1.807, 2.05) is 31.2 Å². The van der Waals surface area contributed by atoms with Gasteiger partial charge in [-0.15, -0.1) is 0 Å². The lowest BCUT2D eigenvalue weighted by Crippen LogP contribution is -2.02. The fraction of sp³-hybridized carbons (Fsp3) is 0.278. The van der Waals surface area contributed by atoms with Crippen molar-refractivity contribution in [2.75, 3.05) is 14.2 Å². The van der Waals surface area contributed by atoms with Crippen LogP contribution in [0, 0.1) is 0 Å². The second-order valence-corrected chi connectivity index (χ2v) is 5.86. The van der Waals surface area contributed by atoms with Crippen molar-refractivity contribution in [1.82, 2.24) is 0 Å². The van der Waals surface area contributed by atoms with Crippen LogP contribution in [0.1, 0.15) is 25.3 Å². The van der Waals surface area contributed by atoms with Crippen LogP contribution < -0.4 is 9.47 Å². The first-order valence-corrected chi connectivity index (χ1v) is 8.10. The molecule has 0 aliphatic carbocycles. The molecule has 0 aliphatic rings. The van der Waals surface area contributed by atoms with Crippen molar-refractivity contribution in [3.63, 3.8) is 0 Å². The minimum absolute atomic E-state index is 0.337. The van der Waals surface area contributed by atoms with Crippen LogP contribution in [-0.4, -0.2) is 25.3 Å². The Kier molecular flexibility index (Phi) is 5.66. The number of carboxylic acid groups (broad SMARTS) is 1. The third-order valence-corrected chi connectivity index (χ3v) is 4.40. The van der Waals surface area contributed by atoms with Crippen LogP contribution in [0.5, 0.6) is 11.5 Å². The molecule has 2 aromatic rings. The minimum Gasteiger partial charge on any atom is -0.495 e. The van der Waals surface area contributed by atoms with Gasteiger partial charge in [-0.2, -0.15) is 0 Å². The fourth-order valence-electron chi connectivity index (χ4n) is 2.60. The summed E-state index contributed by atoms with van der Waals surface area (Å²) in [4.78, 5) is 11.5. The zero-order valence-corrected chi connectivity index (χ0v) is 14.9. The largest absolute Gasteiger partial charge is 0.495 e. The van der Waals surface area contributed by atoms with E-state index in [2.05, 4.69) is 15.9 Å². The van der Waals surface area contributed by atoms with Gasteiger partial charge in [-0.05, 0) is 28.4 Å². The van der Waals surface area contributed by atoms with Gasteiger partial charge in [-0.1, -0.05) is 37.6 Å². The molecule has 0 amide bonds. The third-order valence-electron chi connectivity index (χ3n) is 3.62. The lowest BCUT2D eigenvalue weighted by molar-refractivity contribution is -0.132. The molecule has 23 heavy (non-hydrogen) atoms. The summed E-state index contributed by atoms with van der Waals surface area (Å²) in [5.41, 5.74) is 1.01. The number of hydrogen-bond acceptors (Lipinski definition) is 3. The predicted octanol–water partition coefficient (Wildman–Crippen LogP) is 4.89. The number of carboxylic acids is 1. The topological polar surface area (TPSA) is 55.8 Å². The van der Waals surface area contributed by atoms with Crippen LogP contribution in [0.3, 0.4) is 0 Å². The fourth-order valence-corrected chi connectivity index (χ4v) is 3.27. The molecule has 0 atom stereocenters. The Labute approximate surface area is 143 Å². The number of rotatable bonds is 6. The van der Waals surface area contributed by atoms with Gasteiger partial charge in [0.25, 0.3) is 0 Å². The van der Waals surface area contributed by atoms with Crippen molar-refractivity contribution in [3.05, 3.63) is 39.9 Å². The van der Waals surface area contributed by atoms with Crippen molar-refractivity contribution in [2.45, 2.75) is 19.8 Å². The molecule has 0 radical (unpaired) electrons. The highest BCUT2D eigenvalue weighted by Crippen LogP contribution is 2.44. The summed E-state index contributed by atoms with van der Waals surface area (Å²) in [5, 5.41) is 11.2. The van der Waals surface area contributed by atoms with Gasteiger partial charge >= 0.3 is 5.97 Å². The molecule has 1 N–H and O–H groups in total. The first-order chi connectivity index (χ1) is 11.0. The number of benzene rings is 2. The normalized spacial score (nSPS) is 11.6. The van der Waals surface area contributed by atoms with Gasteiger partial charge in [0.1, 0.15) is 11.5 Å². The van der Waals surface area contributed by atoms with E-state index >= 15 is 0 Å². The molecular weight excluding hydrogens is 360 g/mol. The summed E-state index contributed by atoms with van der Waals surface area (Å²) in [6.07, 6.45) is 2.90. The average Bonchev–Trinajstić information content (AvgIpc) is 2.54. The van der Waals surface area contributed by atoms with E-state index < -0.39 is 5.97 Å². The van der Waals surface area contributed by atoms with Crippen LogP contribution in [0.25, 0.3) is 16.8 Å². The Hall–Kier alpha value is -2.01. The number of aliphatic carboxylic acids is 1. The van der Waals surface area contributed by atoms with Crippen LogP contribution in [-0.2, 0) is 4.79 Å². The van der Waals surface area contributed by atoms with Gasteiger partial charge in [-0.25, -0.2) is 4.79 Å². The maximum Gasteiger partial charge on any atom is 0.331 e. The molecule has 0 heterocycles. The Bertz CT molecular complexity index is 765. The molecule has 0 saturated carbocycles. The summed E-state index contributed by atoms with van der Waals surface area (Å²) in [7, 11) is 3.18. The number of halogens is 1. The summed E-state index contributed by atoms with van der Waals surface area (Å²) in [5.74, 6) is 0.366. The van der Waals surface area contributed by atoms with Gasteiger partial charge in [-0.3, -0.25) is 0 Å². The van der Waals surface area contributed by atoms with E-state index in [0.717, 1.165) is 17.2 Å². The summed E-state index contributed by atoms with van der Waals surface area (Å²) in [6, 6.07) is 7.71. The number of methoxy groups -OCH3 is 2. The molecular formula is C18H19BrO4.